The summed E-state index contributed by atoms with van der Waals surface area (Å²) >= 11 is 0. The molecular formula is C31H21N. The highest BCUT2D eigenvalue weighted by molar-refractivity contribution is 6.19. The lowest BCUT2D eigenvalue weighted by molar-refractivity contribution is 1.02. The minimum atomic E-state index is 1.26. The molecule has 0 N–H and O–H groups in total. The van der Waals surface area contributed by atoms with Crippen LogP contribution in [0.4, 0.5) is 0 Å². The highest BCUT2D eigenvalue weighted by Gasteiger charge is 2.13. The Labute approximate surface area is 186 Å². The Balaban J connectivity index is 1.55. The van der Waals surface area contributed by atoms with Crippen LogP contribution in [-0.2, 0) is 7.05 Å². The van der Waals surface area contributed by atoms with E-state index in [1.54, 1.807) is 0 Å². The van der Waals surface area contributed by atoms with Gasteiger partial charge in [0.2, 0.25) is 0 Å². The van der Waals surface area contributed by atoms with Gasteiger partial charge in [-0.3, -0.25) is 0 Å². The lowest BCUT2D eigenvalue weighted by atomic mass is 9.92. The Kier molecular flexibility index (Phi) is 3.54. The molecule has 0 bridgehead atoms. The summed E-state index contributed by atoms with van der Waals surface area (Å²) in [7, 11) is 2.18. The van der Waals surface area contributed by atoms with E-state index >= 15 is 0 Å². The first-order valence-corrected chi connectivity index (χ1v) is 11.1. The summed E-state index contributed by atoms with van der Waals surface area (Å²) < 4.78 is 2.33. The van der Waals surface area contributed by atoms with Gasteiger partial charge in [0, 0.05) is 28.7 Å². The van der Waals surface area contributed by atoms with Crippen molar-refractivity contribution in [3.8, 4) is 11.1 Å². The van der Waals surface area contributed by atoms with Crippen LogP contribution in [-0.4, -0.2) is 4.57 Å². The zero-order chi connectivity index (χ0) is 21.2. The van der Waals surface area contributed by atoms with Crippen LogP contribution in [0.2, 0.25) is 0 Å². The number of fused-ring (bicyclic) bond motifs is 8. The maximum Gasteiger partial charge on any atom is 0.0568 e. The molecule has 1 nitrogen and oxygen atoms in total. The summed E-state index contributed by atoms with van der Waals surface area (Å²) in [5.41, 5.74) is 5.13. The molecule has 0 saturated heterocycles. The fourth-order valence-corrected chi connectivity index (χ4v) is 5.47. The van der Waals surface area contributed by atoms with Crippen molar-refractivity contribution < 1.29 is 0 Å². The van der Waals surface area contributed by atoms with Crippen molar-refractivity contribution in [2.75, 3.05) is 0 Å². The molecule has 1 aromatic heterocycles. The lowest BCUT2D eigenvalue weighted by Gasteiger charge is -2.12. The van der Waals surface area contributed by atoms with Crippen LogP contribution in [0.1, 0.15) is 0 Å². The second-order valence-corrected chi connectivity index (χ2v) is 8.66. The largest absolute Gasteiger partial charge is 0.343 e. The normalized spacial score (nSPS) is 11.9. The maximum absolute atomic E-state index is 2.35. The number of rotatable bonds is 1. The van der Waals surface area contributed by atoms with Gasteiger partial charge in [0.25, 0.3) is 0 Å². The van der Waals surface area contributed by atoms with Crippen molar-refractivity contribution in [2.24, 2.45) is 7.05 Å². The average molecular weight is 408 g/mol. The van der Waals surface area contributed by atoms with Crippen LogP contribution in [0.5, 0.6) is 0 Å². The van der Waals surface area contributed by atoms with Crippen molar-refractivity contribution in [1.29, 1.82) is 0 Å². The average Bonchev–Trinajstić information content (AvgIpc) is 3.15. The molecule has 0 amide bonds. The summed E-state index contributed by atoms with van der Waals surface area (Å²) in [6, 6.07) is 39.9. The summed E-state index contributed by atoms with van der Waals surface area (Å²) in [6.07, 6.45) is 0. The maximum atomic E-state index is 2.35. The van der Waals surface area contributed by atoms with Crippen LogP contribution in [0, 0.1) is 0 Å². The standard InChI is InChI=1S/C31H21N/c1-32-30-13-7-6-12-27(30)28-17-15-21-18-22(14-16-24(21)31(28)32)29-19-20-8-2-3-9-23(20)25-10-4-5-11-26(25)29/h2-19H,1H3. The molecule has 0 atom stereocenters. The van der Waals surface area contributed by atoms with Gasteiger partial charge in [0.1, 0.15) is 0 Å². The van der Waals surface area contributed by atoms with Gasteiger partial charge in [-0.1, -0.05) is 91.0 Å². The van der Waals surface area contributed by atoms with E-state index in [0.717, 1.165) is 0 Å². The highest BCUT2D eigenvalue weighted by atomic mass is 14.9. The summed E-state index contributed by atoms with van der Waals surface area (Å²) in [5, 5.41) is 10.4. The van der Waals surface area contributed by atoms with Crippen molar-refractivity contribution in [1.82, 2.24) is 4.57 Å². The van der Waals surface area contributed by atoms with Gasteiger partial charge in [-0.25, -0.2) is 0 Å². The highest BCUT2D eigenvalue weighted by Crippen LogP contribution is 2.38. The van der Waals surface area contributed by atoms with Crippen LogP contribution in [0.15, 0.2) is 109 Å². The van der Waals surface area contributed by atoms with Crippen molar-refractivity contribution in [3.63, 3.8) is 0 Å². The van der Waals surface area contributed by atoms with Crippen LogP contribution in [0.3, 0.4) is 0 Å². The summed E-state index contributed by atoms with van der Waals surface area (Å²) in [5.74, 6) is 0. The minimum Gasteiger partial charge on any atom is -0.343 e. The number of nitrogens with zero attached hydrogens (tertiary/aromatic N) is 1. The molecule has 0 spiro atoms. The first-order chi connectivity index (χ1) is 15.8. The van der Waals surface area contributed by atoms with E-state index < -0.39 is 0 Å². The van der Waals surface area contributed by atoms with E-state index in [9.17, 15) is 0 Å². The molecular weight excluding hydrogens is 386 g/mol. The second kappa shape index (κ2) is 6.45. The molecule has 32 heavy (non-hydrogen) atoms. The Morgan fingerprint density at radius 3 is 2.00 bits per heavy atom. The predicted octanol–water partition coefficient (Wildman–Crippen LogP) is 8.46. The zero-order valence-electron chi connectivity index (χ0n) is 17.8. The molecule has 0 unspecified atom stereocenters. The van der Waals surface area contributed by atoms with Gasteiger partial charge in [0.15, 0.2) is 0 Å². The first-order valence-electron chi connectivity index (χ1n) is 11.1. The third-order valence-electron chi connectivity index (χ3n) is 6.96. The van der Waals surface area contributed by atoms with Gasteiger partial charge in [0.05, 0.1) is 5.52 Å². The number of para-hydroxylation sites is 1. The van der Waals surface area contributed by atoms with Gasteiger partial charge in [-0.05, 0) is 56.3 Å². The molecule has 0 aliphatic carbocycles. The Morgan fingerprint density at radius 1 is 0.469 bits per heavy atom. The number of aromatic nitrogens is 1. The van der Waals surface area contributed by atoms with E-state index in [-0.39, 0.29) is 0 Å². The molecule has 1 heterocycles. The van der Waals surface area contributed by atoms with Crippen LogP contribution in [0.25, 0.3) is 65.3 Å². The van der Waals surface area contributed by atoms with E-state index in [4.69, 9.17) is 0 Å². The van der Waals surface area contributed by atoms with E-state index in [2.05, 4.69) is 121 Å². The molecule has 1 heteroatoms. The van der Waals surface area contributed by atoms with Crippen molar-refractivity contribution >= 4 is 54.1 Å². The zero-order valence-corrected chi connectivity index (χ0v) is 17.8. The van der Waals surface area contributed by atoms with Gasteiger partial charge in [-0.2, -0.15) is 0 Å². The number of aryl methyl sites for hydroxylation is 1. The van der Waals surface area contributed by atoms with Crippen LogP contribution >= 0.6 is 0 Å². The third kappa shape index (κ3) is 2.34. The SMILES string of the molecule is Cn1c2ccccc2c2ccc3cc(-c4cc5ccccc5c5ccccc45)ccc3c21. The molecule has 0 fully saturated rings. The smallest absolute Gasteiger partial charge is 0.0568 e. The van der Waals surface area contributed by atoms with Gasteiger partial charge in [-0.15, -0.1) is 0 Å². The monoisotopic (exact) mass is 407 g/mol. The molecule has 6 aromatic carbocycles. The molecule has 7 aromatic rings. The first kappa shape index (κ1) is 17.6. The molecule has 0 saturated carbocycles. The van der Waals surface area contributed by atoms with Crippen LogP contribution < -0.4 is 0 Å². The Morgan fingerprint density at radius 2 is 1.12 bits per heavy atom. The molecule has 0 aliphatic rings. The molecule has 7 rings (SSSR count). The second-order valence-electron chi connectivity index (χ2n) is 8.66. The molecule has 0 aliphatic heterocycles. The number of benzene rings is 6. The number of hydrogen-bond acceptors (Lipinski definition) is 0. The minimum absolute atomic E-state index is 1.26. The quantitative estimate of drug-likeness (QED) is 0.241. The van der Waals surface area contributed by atoms with Gasteiger partial charge >= 0.3 is 0 Å². The van der Waals surface area contributed by atoms with E-state index in [1.165, 1.54) is 65.3 Å². The van der Waals surface area contributed by atoms with Crippen molar-refractivity contribution in [3.05, 3.63) is 109 Å². The number of hydrogen-bond donors (Lipinski definition) is 0. The molecule has 150 valence electrons. The fraction of sp³-hybridized carbons (Fsp3) is 0.0323. The lowest BCUT2D eigenvalue weighted by Crippen LogP contribution is -1.89. The van der Waals surface area contributed by atoms with Gasteiger partial charge < -0.3 is 4.57 Å². The Hall–Kier alpha value is -4.10. The van der Waals surface area contributed by atoms with E-state index in [1.807, 2.05) is 0 Å². The van der Waals surface area contributed by atoms with E-state index in [0.29, 0.717) is 0 Å². The predicted molar refractivity (Wildman–Crippen MR) is 138 cm³/mol. The fourth-order valence-electron chi connectivity index (χ4n) is 5.47. The summed E-state index contributed by atoms with van der Waals surface area (Å²) in [6.45, 7) is 0. The molecule has 0 radical (unpaired) electrons. The summed E-state index contributed by atoms with van der Waals surface area (Å²) in [4.78, 5) is 0. The Bertz CT molecular complexity index is 1840. The topological polar surface area (TPSA) is 4.93 Å². The third-order valence-corrected chi connectivity index (χ3v) is 6.96. The van der Waals surface area contributed by atoms with Crippen molar-refractivity contribution in [2.45, 2.75) is 0 Å².